The number of nitrogens with one attached hydrogen (secondary N) is 1. The minimum atomic E-state index is -0.928. The average molecular weight is 226 g/mol. The molecule has 0 aromatic carbocycles. The first kappa shape index (κ1) is 10.6. The highest BCUT2D eigenvalue weighted by molar-refractivity contribution is 7.09. The van der Waals surface area contributed by atoms with Gasteiger partial charge in [0.25, 0.3) is 0 Å². The van der Waals surface area contributed by atoms with Gasteiger partial charge in [-0.25, -0.2) is 9.78 Å². The largest absolute Gasteiger partial charge is 0.476 e. The van der Waals surface area contributed by atoms with Gasteiger partial charge in [0.15, 0.2) is 5.69 Å². The molecular weight excluding hydrogens is 212 g/mol. The van der Waals surface area contributed by atoms with Crippen molar-refractivity contribution in [2.45, 2.75) is 19.3 Å². The lowest BCUT2D eigenvalue weighted by Gasteiger charge is -2.21. The summed E-state index contributed by atoms with van der Waals surface area (Å²) >= 11 is 1.46. The molecule has 1 aromatic heterocycles. The Labute approximate surface area is 92.3 Å². The molecule has 2 heterocycles. The molecule has 2 N–H and O–H groups in total. The number of aromatic nitrogens is 1. The first-order chi connectivity index (χ1) is 7.25. The van der Waals surface area contributed by atoms with Crippen LogP contribution in [0.4, 0.5) is 0 Å². The van der Waals surface area contributed by atoms with E-state index in [9.17, 15) is 4.79 Å². The third-order valence-electron chi connectivity index (χ3n) is 2.69. The van der Waals surface area contributed by atoms with E-state index in [0.717, 1.165) is 24.5 Å². The highest BCUT2D eigenvalue weighted by atomic mass is 32.1. The molecule has 1 fully saturated rings. The molecule has 1 aliphatic rings. The molecule has 0 aliphatic carbocycles. The van der Waals surface area contributed by atoms with Crippen molar-refractivity contribution in [3.63, 3.8) is 0 Å². The fraction of sp³-hybridized carbons (Fsp3) is 0.600. The maximum Gasteiger partial charge on any atom is 0.355 e. The third kappa shape index (κ3) is 2.76. The molecule has 5 heteroatoms. The predicted molar refractivity (Wildman–Crippen MR) is 58.4 cm³/mol. The van der Waals surface area contributed by atoms with Crippen LogP contribution in [0.2, 0.25) is 0 Å². The summed E-state index contributed by atoms with van der Waals surface area (Å²) in [7, 11) is 0. The smallest absolute Gasteiger partial charge is 0.355 e. The third-order valence-corrected chi connectivity index (χ3v) is 3.56. The number of hydrogen-bond donors (Lipinski definition) is 2. The molecule has 82 valence electrons. The fourth-order valence-corrected chi connectivity index (χ4v) is 2.72. The molecule has 1 saturated heterocycles. The summed E-state index contributed by atoms with van der Waals surface area (Å²) in [5.41, 5.74) is 0.184. The summed E-state index contributed by atoms with van der Waals surface area (Å²) in [4.78, 5) is 14.7. The zero-order valence-corrected chi connectivity index (χ0v) is 9.22. The normalized spacial score (nSPS) is 17.9. The van der Waals surface area contributed by atoms with Crippen LogP contribution in [-0.4, -0.2) is 29.1 Å². The number of carboxylic acids is 1. The minimum Gasteiger partial charge on any atom is -0.476 e. The number of hydrogen-bond acceptors (Lipinski definition) is 4. The second-order valence-corrected chi connectivity index (χ2v) is 4.77. The van der Waals surface area contributed by atoms with E-state index in [1.54, 1.807) is 5.38 Å². The first-order valence-electron chi connectivity index (χ1n) is 5.14. The second-order valence-electron chi connectivity index (χ2n) is 3.83. The van der Waals surface area contributed by atoms with Gasteiger partial charge in [-0.05, 0) is 31.8 Å². The highest BCUT2D eigenvalue weighted by Gasteiger charge is 2.16. The van der Waals surface area contributed by atoms with Crippen molar-refractivity contribution in [3.05, 3.63) is 16.1 Å². The van der Waals surface area contributed by atoms with E-state index in [0.29, 0.717) is 5.92 Å². The predicted octanol–water partition coefficient (Wildman–Crippen LogP) is 1.38. The minimum absolute atomic E-state index is 0.184. The second kappa shape index (κ2) is 4.72. The summed E-state index contributed by atoms with van der Waals surface area (Å²) in [5, 5.41) is 14.6. The Morgan fingerprint density at radius 1 is 1.60 bits per heavy atom. The van der Waals surface area contributed by atoms with E-state index in [1.165, 1.54) is 24.2 Å². The highest BCUT2D eigenvalue weighted by Crippen LogP contribution is 2.20. The van der Waals surface area contributed by atoms with Gasteiger partial charge in [-0.1, -0.05) is 0 Å². The molecule has 0 saturated carbocycles. The van der Waals surface area contributed by atoms with Gasteiger partial charge >= 0.3 is 5.97 Å². The lowest BCUT2D eigenvalue weighted by atomic mass is 9.95. The molecule has 1 aliphatic heterocycles. The molecule has 0 spiro atoms. The van der Waals surface area contributed by atoms with Crippen LogP contribution in [0, 0.1) is 5.92 Å². The Kier molecular flexibility index (Phi) is 3.33. The van der Waals surface area contributed by atoms with Crippen LogP contribution < -0.4 is 5.32 Å². The van der Waals surface area contributed by atoms with Crippen molar-refractivity contribution in [2.75, 3.05) is 13.1 Å². The summed E-state index contributed by atoms with van der Waals surface area (Å²) < 4.78 is 0. The summed E-state index contributed by atoms with van der Waals surface area (Å²) in [5.74, 6) is -0.262. The van der Waals surface area contributed by atoms with Crippen LogP contribution in [0.1, 0.15) is 28.3 Å². The number of nitrogens with zero attached hydrogens (tertiary/aromatic N) is 1. The van der Waals surface area contributed by atoms with Crippen molar-refractivity contribution in [2.24, 2.45) is 5.92 Å². The van der Waals surface area contributed by atoms with E-state index < -0.39 is 5.97 Å². The van der Waals surface area contributed by atoms with Crippen molar-refractivity contribution in [1.82, 2.24) is 10.3 Å². The number of rotatable bonds is 3. The van der Waals surface area contributed by atoms with Crippen molar-refractivity contribution >= 4 is 17.3 Å². The number of piperidine rings is 1. The maximum atomic E-state index is 10.6. The Balaban J connectivity index is 1.94. The van der Waals surface area contributed by atoms with Crippen LogP contribution in [0.5, 0.6) is 0 Å². The van der Waals surface area contributed by atoms with Crippen LogP contribution >= 0.6 is 11.3 Å². The summed E-state index contributed by atoms with van der Waals surface area (Å²) in [6.45, 7) is 2.14. The zero-order valence-electron chi connectivity index (χ0n) is 8.40. The SMILES string of the molecule is O=C(O)c1csc(CC2CCNCC2)n1. The molecule has 0 radical (unpaired) electrons. The number of carbonyl (C=O) groups is 1. The maximum absolute atomic E-state index is 10.6. The molecule has 0 bridgehead atoms. The Morgan fingerprint density at radius 2 is 2.33 bits per heavy atom. The lowest BCUT2D eigenvalue weighted by molar-refractivity contribution is 0.0691. The molecule has 0 atom stereocenters. The average Bonchev–Trinajstić information content (AvgIpc) is 2.68. The van der Waals surface area contributed by atoms with Crippen molar-refractivity contribution < 1.29 is 9.90 Å². The summed E-state index contributed by atoms with van der Waals surface area (Å²) in [6.07, 6.45) is 3.27. The zero-order chi connectivity index (χ0) is 10.7. The van der Waals surface area contributed by atoms with Crippen LogP contribution in [0.15, 0.2) is 5.38 Å². The van der Waals surface area contributed by atoms with Gasteiger partial charge in [-0.2, -0.15) is 0 Å². The van der Waals surface area contributed by atoms with Gasteiger partial charge in [0, 0.05) is 11.8 Å². The van der Waals surface area contributed by atoms with Crippen LogP contribution in [0.3, 0.4) is 0 Å². The van der Waals surface area contributed by atoms with E-state index in [-0.39, 0.29) is 5.69 Å². The molecule has 0 amide bonds. The van der Waals surface area contributed by atoms with Crippen LogP contribution in [0.25, 0.3) is 0 Å². The van der Waals surface area contributed by atoms with Gasteiger partial charge < -0.3 is 10.4 Å². The molecular formula is C10H14N2O2S. The quantitative estimate of drug-likeness (QED) is 0.817. The molecule has 1 aromatic rings. The lowest BCUT2D eigenvalue weighted by Crippen LogP contribution is -2.28. The van der Waals surface area contributed by atoms with Gasteiger partial charge in [0.1, 0.15) is 0 Å². The van der Waals surface area contributed by atoms with E-state index in [1.807, 2.05) is 0 Å². The van der Waals surface area contributed by atoms with Gasteiger partial charge in [0.05, 0.1) is 5.01 Å². The Morgan fingerprint density at radius 3 is 2.93 bits per heavy atom. The van der Waals surface area contributed by atoms with Crippen molar-refractivity contribution in [1.29, 1.82) is 0 Å². The molecule has 2 rings (SSSR count). The standard InChI is InChI=1S/C10H14N2O2S/c13-10(14)8-6-15-9(12-8)5-7-1-3-11-4-2-7/h6-7,11H,1-5H2,(H,13,14). The fourth-order valence-electron chi connectivity index (χ4n) is 1.84. The molecule has 4 nitrogen and oxygen atoms in total. The first-order valence-corrected chi connectivity index (χ1v) is 6.02. The van der Waals surface area contributed by atoms with Crippen LogP contribution in [-0.2, 0) is 6.42 Å². The van der Waals surface area contributed by atoms with Gasteiger partial charge in [-0.3, -0.25) is 0 Å². The Hall–Kier alpha value is -0.940. The number of thiazole rings is 1. The van der Waals surface area contributed by atoms with Gasteiger partial charge in [0.2, 0.25) is 0 Å². The van der Waals surface area contributed by atoms with E-state index in [4.69, 9.17) is 5.11 Å². The van der Waals surface area contributed by atoms with Crippen molar-refractivity contribution in [3.8, 4) is 0 Å². The van der Waals surface area contributed by atoms with E-state index in [2.05, 4.69) is 10.3 Å². The molecule has 0 unspecified atom stereocenters. The van der Waals surface area contributed by atoms with E-state index >= 15 is 0 Å². The summed E-state index contributed by atoms with van der Waals surface area (Å²) in [6, 6.07) is 0. The topological polar surface area (TPSA) is 62.2 Å². The Bertz CT molecular complexity index is 345. The number of aromatic carboxylic acids is 1. The monoisotopic (exact) mass is 226 g/mol. The van der Waals surface area contributed by atoms with Gasteiger partial charge in [-0.15, -0.1) is 11.3 Å². The molecule has 15 heavy (non-hydrogen) atoms. The number of carboxylic acid groups (broad SMARTS) is 1.